The molecule has 3 aromatic rings. The van der Waals surface area contributed by atoms with Crippen molar-refractivity contribution in [2.24, 2.45) is 0 Å². The normalized spacial score (nSPS) is 10.9. The molecule has 1 aromatic carbocycles. The van der Waals surface area contributed by atoms with Gasteiger partial charge in [-0.2, -0.15) is 0 Å². The summed E-state index contributed by atoms with van der Waals surface area (Å²) in [7, 11) is 0. The maximum atomic E-state index is 13.7. The molecule has 0 saturated heterocycles. The van der Waals surface area contributed by atoms with Crippen LogP contribution in [0.3, 0.4) is 0 Å². The number of carbonyl (C=O) groups excluding carboxylic acids is 1. The summed E-state index contributed by atoms with van der Waals surface area (Å²) in [5, 5.41) is 3.21. The molecule has 7 nitrogen and oxygen atoms in total. The van der Waals surface area contributed by atoms with Gasteiger partial charge in [-0.25, -0.2) is 14.2 Å². The number of hydrogen-bond donors (Lipinski definition) is 1. The molecule has 0 bridgehead atoms. The van der Waals surface area contributed by atoms with Gasteiger partial charge in [0, 0.05) is 18.5 Å². The minimum absolute atomic E-state index is 0.0421. The predicted molar refractivity (Wildman–Crippen MR) is 112 cm³/mol. The number of amides is 1. The van der Waals surface area contributed by atoms with Gasteiger partial charge in [-0.05, 0) is 54.0 Å². The zero-order chi connectivity index (χ0) is 21.0. The van der Waals surface area contributed by atoms with Crippen molar-refractivity contribution >= 4 is 61.9 Å². The molecule has 2 heterocycles. The molecule has 0 fully saturated rings. The first-order valence-electron chi connectivity index (χ1n) is 8.77. The van der Waals surface area contributed by atoms with E-state index in [0.717, 1.165) is 0 Å². The molecule has 0 unspecified atom stereocenters. The number of aromatic nitrogens is 1. The number of rotatable bonds is 7. The number of ether oxygens (including phenoxy) is 2. The molecule has 2 aromatic heterocycles. The van der Waals surface area contributed by atoms with Gasteiger partial charge in [0.15, 0.2) is 5.58 Å². The van der Waals surface area contributed by atoms with Crippen molar-refractivity contribution in [1.82, 2.24) is 4.98 Å². The third-order valence-electron chi connectivity index (χ3n) is 3.94. The van der Waals surface area contributed by atoms with Crippen LogP contribution in [0, 0.1) is 5.82 Å². The van der Waals surface area contributed by atoms with Gasteiger partial charge in [0.25, 0.3) is 0 Å². The Kier molecular flexibility index (Phi) is 6.94. The molecule has 0 saturated carbocycles. The number of halogens is 3. The maximum Gasteiger partial charge on any atom is 0.414 e. The largest absolute Gasteiger partial charge is 0.450 e. The smallest absolute Gasteiger partial charge is 0.414 e. The Morgan fingerprint density at radius 2 is 2.14 bits per heavy atom. The standard InChI is InChI=1S/C19H18BrClFN3O4/c1-3-27-10-25(11-5-6-14(22)13(21)9-11)15-12-7-8-23-17(20)16(12)29-18(15)24-19(26)28-4-2/h5-9H,3-4,10H2,1-2H3,(H,24,26). The minimum atomic E-state index is -0.676. The number of hydrogen-bond acceptors (Lipinski definition) is 6. The van der Waals surface area contributed by atoms with E-state index in [9.17, 15) is 9.18 Å². The van der Waals surface area contributed by atoms with Crippen molar-refractivity contribution in [2.75, 3.05) is 30.2 Å². The van der Waals surface area contributed by atoms with Crippen LogP contribution in [0.4, 0.5) is 26.4 Å². The molecule has 3 rings (SSSR count). The van der Waals surface area contributed by atoms with Crippen LogP contribution in [0.2, 0.25) is 5.02 Å². The summed E-state index contributed by atoms with van der Waals surface area (Å²) < 4.78 is 30.6. The summed E-state index contributed by atoms with van der Waals surface area (Å²) in [6.45, 7) is 4.28. The minimum Gasteiger partial charge on any atom is -0.450 e. The van der Waals surface area contributed by atoms with Crippen molar-refractivity contribution in [3.8, 4) is 0 Å². The zero-order valence-electron chi connectivity index (χ0n) is 15.7. The van der Waals surface area contributed by atoms with E-state index in [1.54, 1.807) is 30.2 Å². The number of pyridine rings is 1. The van der Waals surface area contributed by atoms with Crippen LogP contribution in [-0.2, 0) is 9.47 Å². The Labute approximate surface area is 179 Å². The van der Waals surface area contributed by atoms with Crippen LogP contribution < -0.4 is 10.2 Å². The van der Waals surface area contributed by atoms with Crippen LogP contribution in [0.25, 0.3) is 11.0 Å². The second-order valence-electron chi connectivity index (χ2n) is 5.75. The Bertz CT molecular complexity index is 1030. The molecule has 0 radical (unpaired) electrons. The first-order chi connectivity index (χ1) is 14.0. The van der Waals surface area contributed by atoms with E-state index >= 15 is 0 Å². The van der Waals surface area contributed by atoms with Crippen molar-refractivity contribution in [1.29, 1.82) is 0 Å². The Morgan fingerprint density at radius 3 is 2.83 bits per heavy atom. The topological polar surface area (TPSA) is 76.8 Å². The number of anilines is 3. The first-order valence-corrected chi connectivity index (χ1v) is 9.94. The fourth-order valence-corrected chi connectivity index (χ4v) is 3.28. The van der Waals surface area contributed by atoms with Crippen LogP contribution in [-0.4, -0.2) is 31.0 Å². The molecule has 0 atom stereocenters. The van der Waals surface area contributed by atoms with Gasteiger partial charge >= 0.3 is 6.09 Å². The quantitative estimate of drug-likeness (QED) is 0.322. The first kappa shape index (κ1) is 21.4. The van der Waals surface area contributed by atoms with E-state index in [0.29, 0.717) is 33.6 Å². The molecule has 0 aliphatic rings. The number of benzene rings is 1. The molecular formula is C19H18BrClFN3O4. The molecular weight excluding hydrogens is 469 g/mol. The van der Waals surface area contributed by atoms with Gasteiger partial charge in [-0.1, -0.05) is 11.6 Å². The summed E-state index contributed by atoms with van der Waals surface area (Å²) >= 11 is 9.34. The highest BCUT2D eigenvalue weighted by molar-refractivity contribution is 9.10. The molecule has 0 aliphatic carbocycles. The Morgan fingerprint density at radius 1 is 1.34 bits per heavy atom. The van der Waals surface area contributed by atoms with Crippen molar-refractivity contribution in [2.45, 2.75) is 13.8 Å². The van der Waals surface area contributed by atoms with E-state index in [1.807, 2.05) is 6.92 Å². The van der Waals surface area contributed by atoms with Gasteiger partial charge < -0.3 is 18.8 Å². The van der Waals surface area contributed by atoms with Crippen LogP contribution in [0.15, 0.2) is 39.5 Å². The lowest BCUT2D eigenvalue weighted by Gasteiger charge is -2.25. The predicted octanol–water partition coefficient (Wildman–Crippen LogP) is 6.08. The van der Waals surface area contributed by atoms with Gasteiger partial charge in [0.05, 0.1) is 17.0 Å². The monoisotopic (exact) mass is 485 g/mol. The maximum absolute atomic E-state index is 13.7. The molecule has 10 heteroatoms. The van der Waals surface area contributed by atoms with Crippen LogP contribution in [0.1, 0.15) is 13.8 Å². The number of fused-ring (bicyclic) bond motifs is 1. The van der Waals surface area contributed by atoms with Gasteiger partial charge in [0.1, 0.15) is 22.8 Å². The highest BCUT2D eigenvalue weighted by atomic mass is 79.9. The molecule has 154 valence electrons. The highest BCUT2D eigenvalue weighted by Gasteiger charge is 2.25. The average molecular weight is 487 g/mol. The lowest BCUT2D eigenvalue weighted by Crippen LogP contribution is -2.23. The van der Waals surface area contributed by atoms with Crippen molar-refractivity contribution < 1.29 is 23.1 Å². The highest BCUT2D eigenvalue weighted by Crippen LogP contribution is 2.43. The summed E-state index contributed by atoms with van der Waals surface area (Å²) in [4.78, 5) is 17.9. The van der Waals surface area contributed by atoms with Gasteiger partial charge in [0.2, 0.25) is 5.88 Å². The Hall–Kier alpha value is -2.36. The molecule has 0 spiro atoms. The SMILES string of the molecule is CCOCN(c1ccc(F)c(Cl)c1)c1c(NC(=O)OCC)oc2c(Br)nccc12. The molecule has 0 aliphatic heterocycles. The third-order valence-corrected chi connectivity index (χ3v) is 4.79. The van der Waals surface area contributed by atoms with E-state index in [-0.39, 0.29) is 24.2 Å². The molecule has 1 amide bonds. The fraction of sp³-hybridized carbons (Fsp3) is 0.263. The van der Waals surface area contributed by atoms with Crippen molar-refractivity contribution in [3.05, 3.63) is 45.9 Å². The van der Waals surface area contributed by atoms with E-state index in [2.05, 4.69) is 26.2 Å². The van der Waals surface area contributed by atoms with Crippen molar-refractivity contribution in [3.63, 3.8) is 0 Å². The van der Waals surface area contributed by atoms with E-state index in [4.69, 9.17) is 25.5 Å². The number of furan rings is 1. The van der Waals surface area contributed by atoms with Gasteiger partial charge in [-0.15, -0.1) is 0 Å². The number of nitrogens with zero attached hydrogens (tertiary/aromatic N) is 2. The number of carbonyl (C=O) groups is 1. The summed E-state index contributed by atoms with van der Waals surface area (Å²) in [5.74, 6) is -0.409. The fourth-order valence-electron chi connectivity index (χ4n) is 2.70. The lowest BCUT2D eigenvalue weighted by atomic mass is 10.2. The average Bonchev–Trinajstić information content (AvgIpc) is 3.04. The molecule has 29 heavy (non-hydrogen) atoms. The summed E-state index contributed by atoms with van der Waals surface area (Å²) in [5.41, 5.74) is 1.46. The number of nitrogens with one attached hydrogen (secondary N) is 1. The van der Waals surface area contributed by atoms with Crippen LogP contribution >= 0.6 is 27.5 Å². The van der Waals surface area contributed by atoms with E-state index < -0.39 is 11.9 Å². The van der Waals surface area contributed by atoms with Crippen LogP contribution in [0.5, 0.6) is 0 Å². The second kappa shape index (κ2) is 9.43. The molecule has 1 N–H and O–H groups in total. The van der Waals surface area contributed by atoms with E-state index in [1.165, 1.54) is 12.1 Å². The lowest BCUT2D eigenvalue weighted by molar-refractivity contribution is 0.154. The Balaban J connectivity index is 2.19. The second-order valence-corrected chi connectivity index (χ2v) is 6.91. The van der Waals surface area contributed by atoms with Gasteiger partial charge in [-0.3, -0.25) is 5.32 Å². The summed E-state index contributed by atoms with van der Waals surface area (Å²) in [6.07, 6.45) is 0.918. The summed E-state index contributed by atoms with van der Waals surface area (Å²) in [6, 6.07) is 6.02. The zero-order valence-corrected chi connectivity index (χ0v) is 18.0. The third kappa shape index (κ3) is 4.63.